The summed E-state index contributed by atoms with van der Waals surface area (Å²) in [5.74, 6) is 0.530. The Kier molecular flexibility index (Phi) is 7.81. The van der Waals surface area contributed by atoms with Gasteiger partial charge in [0, 0.05) is 21.7 Å². The Hall–Kier alpha value is -1.70. The van der Waals surface area contributed by atoms with E-state index in [2.05, 4.69) is 5.32 Å². The summed E-state index contributed by atoms with van der Waals surface area (Å²) in [7, 11) is 1.49. The van der Waals surface area contributed by atoms with E-state index >= 15 is 0 Å². The normalized spacial score (nSPS) is 11.7. The quantitative estimate of drug-likeness (QED) is 0.644. The Morgan fingerprint density at radius 3 is 2.81 bits per heavy atom. The van der Waals surface area contributed by atoms with Gasteiger partial charge in [-0.2, -0.15) is 0 Å². The molecule has 0 unspecified atom stereocenters. The van der Waals surface area contributed by atoms with Gasteiger partial charge >= 0.3 is 5.97 Å². The Bertz CT molecular complexity index is 765. The van der Waals surface area contributed by atoms with Gasteiger partial charge in [-0.05, 0) is 36.9 Å². The van der Waals surface area contributed by atoms with E-state index < -0.39 is 18.0 Å². The van der Waals surface area contributed by atoms with Crippen molar-refractivity contribution in [2.24, 2.45) is 0 Å². The average Bonchev–Trinajstić information content (AvgIpc) is 3.11. The predicted octanol–water partition coefficient (Wildman–Crippen LogP) is 4.52. The number of rotatable bonds is 8. The van der Waals surface area contributed by atoms with Crippen molar-refractivity contribution in [3.05, 3.63) is 45.1 Å². The molecule has 0 bridgehead atoms. The van der Waals surface area contributed by atoms with Gasteiger partial charge < -0.3 is 14.8 Å². The lowest BCUT2D eigenvalue weighted by Gasteiger charge is -2.16. The van der Waals surface area contributed by atoms with Crippen LogP contribution in [0.2, 0.25) is 5.02 Å². The maximum absolute atomic E-state index is 12.3. The van der Waals surface area contributed by atoms with Crippen LogP contribution in [0.4, 0.5) is 5.69 Å². The third-order valence-corrected chi connectivity index (χ3v) is 5.88. The standard InChI is InChI=1S/C18H20ClNO4S2/c1-11-7-15(16(23-3)8-14(11)19)20-18(22)12(2)24-17(21)10-25-9-13-5-4-6-26-13/h4-8,12H,9-10H2,1-3H3,(H,20,22)/t12-/m0/s1. The van der Waals surface area contributed by atoms with Crippen molar-refractivity contribution >= 4 is 52.3 Å². The highest BCUT2D eigenvalue weighted by Crippen LogP contribution is 2.31. The molecule has 1 amide bonds. The van der Waals surface area contributed by atoms with Crippen LogP contribution in [0.3, 0.4) is 0 Å². The van der Waals surface area contributed by atoms with Crippen LogP contribution in [0.5, 0.6) is 5.75 Å². The molecule has 1 heterocycles. The van der Waals surface area contributed by atoms with Crippen molar-refractivity contribution in [3.63, 3.8) is 0 Å². The fraction of sp³-hybridized carbons (Fsp3) is 0.333. The summed E-state index contributed by atoms with van der Waals surface area (Å²) in [6.45, 7) is 3.36. The van der Waals surface area contributed by atoms with E-state index in [1.807, 2.05) is 24.4 Å². The van der Waals surface area contributed by atoms with Crippen LogP contribution < -0.4 is 10.1 Å². The van der Waals surface area contributed by atoms with Crippen molar-refractivity contribution in [1.82, 2.24) is 0 Å². The maximum Gasteiger partial charge on any atom is 0.316 e. The molecule has 1 aromatic carbocycles. The number of carbonyl (C=O) groups is 2. The van der Waals surface area contributed by atoms with E-state index in [0.29, 0.717) is 16.5 Å². The number of hydrogen-bond acceptors (Lipinski definition) is 6. The van der Waals surface area contributed by atoms with E-state index in [4.69, 9.17) is 21.1 Å². The first-order valence-corrected chi connectivity index (χ1v) is 10.3. The van der Waals surface area contributed by atoms with Crippen LogP contribution in [0, 0.1) is 6.92 Å². The summed E-state index contributed by atoms with van der Waals surface area (Å²) in [6, 6.07) is 7.33. The van der Waals surface area contributed by atoms with Gasteiger partial charge in [0.25, 0.3) is 5.91 Å². The predicted molar refractivity (Wildman–Crippen MR) is 107 cm³/mol. The SMILES string of the molecule is COc1cc(Cl)c(C)cc1NC(=O)[C@H](C)OC(=O)CSCc1cccs1. The zero-order chi connectivity index (χ0) is 19.1. The van der Waals surface area contributed by atoms with Crippen molar-refractivity contribution < 1.29 is 19.1 Å². The second kappa shape index (κ2) is 9.85. The van der Waals surface area contributed by atoms with Crippen LogP contribution in [0.15, 0.2) is 29.6 Å². The van der Waals surface area contributed by atoms with Crippen molar-refractivity contribution in [3.8, 4) is 5.75 Å². The molecule has 0 saturated carbocycles. The molecule has 1 atom stereocenters. The molecule has 0 saturated heterocycles. The van der Waals surface area contributed by atoms with E-state index in [0.717, 1.165) is 11.3 Å². The van der Waals surface area contributed by atoms with Crippen molar-refractivity contribution in [2.45, 2.75) is 25.7 Å². The number of thioether (sulfide) groups is 1. The lowest BCUT2D eigenvalue weighted by molar-refractivity contribution is -0.150. The first kappa shape index (κ1) is 20.6. The molecule has 0 fully saturated rings. The lowest BCUT2D eigenvalue weighted by Crippen LogP contribution is -2.30. The molecule has 26 heavy (non-hydrogen) atoms. The summed E-state index contributed by atoms with van der Waals surface area (Å²) in [6.07, 6.45) is -0.912. The Balaban J connectivity index is 1.85. The molecule has 140 valence electrons. The van der Waals surface area contributed by atoms with Crippen molar-refractivity contribution in [1.29, 1.82) is 0 Å². The number of esters is 1. The molecule has 1 N–H and O–H groups in total. The molecule has 0 spiro atoms. The topological polar surface area (TPSA) is 64.6 Å². The molecule has 5 nitrogen and oxygen atoms in total. The average molecular weight is 414 g/mol. The first-order chi connectivity index (χ1) is 12.4. The van der Waals surface area contributed by atoms with Crippen LogP contribution >= 0.6 is 34.7 Å². The summed E-state index contributed by atoms with van der Waals surface area (Å²) >= 11 is 9.15. The number of anilines is 1. The molecule has 0 radical (unpaired) electrons. The Labute approximate surface area is 166 Å². The fourth-order valence-electron chi connectivity index (χ4n) is 2.08. The van der Waals surface area contributed by atoms with Gasteiger partial charge in [0.05, 0.1) is 18.6 Å². The fourth-order valence-corrected chi connectivity index (χ4v) is 3.88. The molecule has 0 aliphatic heterocycles. The molecule has 2 aromatic rings. The van der Waals surface area contributed by atoms with Gasteiger partial charge in [-0.25, -0.2) is 0 Å². The third-order valence-electron chi connectivity index (χ3n) is 3.46. The number of aryl methyl sites for hydroxylation is 1. The Morgan fingerprint density at radius 1 is 1.38 bits per heavy atom. The molecule has 2 rings (SSSR count). The van der Waals surface area contributed by atoms with Gasteiger partial charge in [0.1, 0.15) is 5.75 Å². The second-order valence-electron chi connectivity index (χ2n) is 5.50. The number of thiophene rings is 1. The van der Waals surface area contributed by atoms with Crippen LogP contribution in [-0.4, -0.2) is 30.8 Å². The van der Waals surface area contributed by atoms with Crippen molar-refractivity contribution in [2.75, 3.05) is 18.2 Å². The van der Waals surface area contributed by atoms with Gasteiger partial charge in [0.15, 0.2) is 6.10 Å². The van der Waals surface area contributed by atoms with Gasteiger partial charge in [-0.15, -0.1) is 23.1 Å². The molecule has 0 aliphatic carbocycles. The molecule has 0 aliphatic rings. The van der Waals surface area contributed by atoms with Crippen LogP contribution in [-0.2, 0) is 20.1 Å². The number of ether oxygens (including phenoxy) is 2. The van der Waals surface area contributed by atoms with E-state index in [9.17, 15) is 9.59 Å². The zero-order valence-electron chi connectivity index (χ0n) is 14.7. The van der Waals surface area contributed by atoms with Crippen LogP contribution in [0.25, 0.3) is 0 Å². The minimum Gasteiger partial charge on any atom is -0.495 e. The summed E-state index contributed by atoms with van der Waals surface area (Å²) in [5.41, 5.74) is 1.28. The molecular weight excluding hydrogens is 394 g/mol. The number of hydrogen-bond donors (Lipinski definition) is 1. The molecule has 1 aromatic heterocycles. The number of methoxy groups -OCH3 is 1. The minimum atomic E-state index is -0.912. The Morgan fingerprint density at radius 2 is 2.15 bits per heavy atom. The molecular formula is C18H20ClNO4S2. The largest absolute Gasteiger partial charge is 0.495 e. The van der Waals surface area contributed by atoms with E-state index in [-0.39, 0.29) is 5.75 Å². The second-order valence-corrected chi connectivity index (χ2v) is 7.92. The smallest absolute Gasteiger partial charge is 0.316 e. The number of halogens is 1. The summed E-state index contributed by atoms with van der Waals surface area (Å²) in [4.78, 5) is 25.4. The zero-order valence-corrected chi connectivity index (χ0v) is 17.1. The highest BCUT2D eigenvalue weighted by molar-refractivity contribution is 7.99. The van der Waals surface area contributed by atoms with E-state index in [1.165, 1.54) is 30.7 Å². The maximum atomic E-state index is 12.3. The number of carbonyl (C=O) groups excluding carboxylic acids is 2. The first-order valence-electron chi connectivity index (χ1n) is 7.85. The number of benzene rings is 1. The minimum absolute atomic E-state index is 0.193. The van der Waals surface area contributed by atoms with E-state index in [1.54, 1.807) is 23.5 Å². The summed E-state index contributed by atoms with van der Waals surface area (Å²) in [5, 5.41) is 5.25. The highest BCUT2D eigenvalue weighted by Gasteiger charge is 2.20. The third kappa shape index (κ3) is 5.93. The molecule has 8 heteroatoms. The number of amides is 1. The lowest BCUT2D eigenvalue weighted by atomic mass is 10.2. The van der Waals surface area contributed by atoms with Crippen LogP contribution in [0.1, 0.15) is 17.4 Å². The summed E-state index contributed by atoms with van der Waals surface area (Å²) < 4.78 is 10.4. The van der Waals surface area contributed by atoms with Gasteiger partial charge in [-0.1, -0.05) is 17.7 Å². The van der Waals surface area contributed by atoms with Gasteiger partial charge in [0.2, 0.25) is 0 Å². The monoisotopic (exact) mass is 413 g/mol. The highest BCUT2D eigenvalue weighted by atomic mass is 35.5. The number of nitrogens with one attached hydrogen (secondary N) is 1. The van der Waals surface area contributed by atoms with Gasteiger partial charge in [-0.3, -0.25) is 9.59 Å².